The second-order valence-corrected chi connectivity index (χ2v) is 3.25. The van der Waals surface area contributed by atoms with Crippen LogP contribution in [0.2, 0.25) is 0 Å². The van der Waals surface area contributed by atoms with Crippen molar-refractivity contribution in [2.45, 2.75) is 33.3 Å². The van der Waals surface area contributed by atoms with Gasteiger partial charge in [0.25, 0.3) is 0 Å². The number of rotatable bonds is 4. The molecule has 1 N–H and O–H groups in total. The van der Waals surface area contributed by atoms with E-state index in [2.05, 4.69) is 4.89 Å². The van der Waals surface area contributed by atoms with E-state index in [4.69, 9.17) is 5.26 Å². The van der Waals surface area contributed by atoms with Gasteiger partial charge in [-0.25, -0.2) is 4.89 Å². The molecule has 0 rings (SSSR count). The lowest BCUT2D eigenvalue weighted by Crippen LogP contribution is -2.24. The first-order valence-corrected chi connectivity index (χ1v) is 4.37. The van der Waals surface area contributed by atoms with Crippen molar-refractivity contribution in [2.75, 3.05) is 0 Å². The van der Waals surface area contributed by atoms with Gasteiger partial charge < -0.3 is 0 Å². The molecule has 0 saturated carbocycles. The summed E-state index contributed by atoms with van der Waals surface area (Å²) in [4.78, 5) is 4.40. The topological polar surface area (TPSA) is 29.5 Å². The molecular weight excluding hydrogens is 164 g/mol. The normalized spacial score (nSPS) is 14.7. The first-order valence-electron chi connectivity index (χ1n) is 4.37. The Morgan fingerprint density at radius 1 is 1.23 bits per heavy atom. The van der Waals surface area contributed by atoms with Gasteiger partial charge in [-0.15, -0.1) is 0 Å². The molecule has 0 spiro atoms. The molecule has 0 amide bonds. The smallest absolute Gasteiger partial charge is 0.123 e. The summed E-state index contributed by atoms with van der Waals surface area (Å²) in [5, 5.41) is 8.69. The van der Waals surface area contributed by atoms with Crippen molar-refractivity contribution in [3.8, 4) is 0 Å². The predicted octanol–water partition coefficient (Wildman–Crippen LogP) is 3.33. The van der Waals surface area contributed by atoms with Crippen molar-refractivity contribution < 1.29 is 10.1 Å². The van der Waals surface area contributed by atoms with Crippen LogP contribution in [0.5, 0.6) is 0 Å². The van der Waals surface area contributed by atoms with E-state index in [0.717, 1.165) is 5.57 Å². The van der Waals surface area contributed by atoms with Gasteiger partial charge in [0, 0.05) is 0 Å². The number of allylic oxidation sites excluding steroid dienone is 4. The van der Waals surface area contributed by atoms with E-state index in [1.165, 1.54) is 0 Å². The summed E-state index contributed by atoms with van der Waals surface area (Å²) in [6.07, 6.45) is 9.58. The molecule has 2 nitrogen and oxygen atoms in total. The van der Waals surface area contributed by atoms with Crippen molar-refractivity contribution in [1.29, 1.82) is 0 Å². The van der Waals surface area contributed by atoms with Crippen LogP contribution in [0.4, 0.5) is 0 Å². The minimum absolute atomic E-state index is 0.661. The average Bonchev–Trinajstić information content (AvgIpc) is 2.12. The average molecular weight is 182 g/mol. The summed E-state index contributed by atoms with van der Waals surface area (Å²) in [6, 6.07) is 0. The highest BCUT2D eigenvalue weighted by Crippen LogP contribution is 2.20. The largest absolute Gasteiger partial charge is 0.251 e. The second-order valence-electron chi connectivity index (χ2n) is 3.25. The van der Waals surface area contributed by atoms with E-state index < -0.39 is 5.60 Å². The molecule has 0 aromatic carbocycles. The van der Waals surface area contributed by atoms with Gasteiger partial charge in [0.05, 0.1) is 0 Å². The van der Waals surface area contributed by atoms with Crippen LogP contribution in [0, 0.1) is 0 Å². The van der Waals surface area contributed by atoms with Gasteiger partial charge in [-0.3, -0.25) is 5.26 Å². The SMILES string of the molecule is C\C=C/C=C(\C=C/C)C(C)(C)OO. The van der Waals surface area contributed by atoms with E-state index in [0.29, 0.717) is 0 Å². The van der Waals surface area contributed by atoms with Crippen LogP contribution in [0.15, 0.2) is 36.0 Å². The molecule has 0 aliphatic carbocycles. The molecule has 0 atom stereocenters. The monoisotopic (exact) mass is 182 g/mol. The lowest BCUT2D eigenvalue weighted by Gasteiger charge is -2.21. The standard InChI is InChI=1S/C11H18O2/c1-5-7-9-10(8-6-2)11(3,4)13-12/h5-9,12H,1-4H3/b7-5-,8-6-,10-9+. The Balaban J connectivity index is 4.80. The minimum Gasteiger partial charge on any atom is -0.251 e. The summed E-state index contributed by atoms with van der Waals surface area (Å²) in [5.41, 5.74) is 0.266. The van der Waals surface area contributed by atoms with Crippen LogP contribution in [0.25, 0.3) is 0 Å². The fourth-order valence-electron chi connectivity index (χ4n) is 0.889. The fourth-order valence-corrected chi connectivity index (χ4v) is 0.889. The molecule has 0 radical (unpaired) electrons. The highest BCUT2D eigenvalue weighted by molar-refractivity contribution is 5.30. The Bertz CT molecular complexity index is 222. The maximum atomic E-state index is 8.69. The van der Waals surface area contributed by atoms with E-state index >= 15 is 0 Å². The van der Waals surface area contributed by atoms with Crippen molar-refractivity contribution in [1.82, 2.24) is 0 Å². The van der Waals surface area contributed by atoms with Crippen LogP contribution in [-0.4, -0.2) is 10.9 Å². The second kappa shape index (κ2) is 5.73. The number of hydrogen-bond donors (Lipinski definition) is 1. The first kappa shape index (κ1) is 12.1. The summed E-state index contributed by atoms with van der Waals surface area (Å²) in [7, 11) is 0. The Labute approximate surface area is 80.2 Å². The Kier molecular flexibility index (Phi) is 5.35. The summed E-state index contributed by atoms with van der Waals surface area (Å²) in [6.45, 7) is 7.48. The molecule has 0 aliphatic rings. The molecule has 0 bridgehead atoms. The summed E-state index contributed by atoms with van der Waals surface area (Å²) < 4.78 is 0. The van der Waals surface area contributed by atoms with E-state index in [-0.39, 0.29) is 0 Å². The highest BCUT2D eigenvalue weighted by Gasteiger charge is 2.21. The third-order valence-corrected chi connectivity index (χ3v) is 1.74. The zero-order chi connectivity index (χ0) is 10.3. The quantitative estimate of drug-likeness (QED) is 0.410. The predicted molar refractivity (Wildman–Crippen MR) is 55.5 cm³/mol. The van der Waals surface area contributed by atoms with Crippen LogP contribution in [0.3, 0.4) is 0 Å². The highest BCUT2D eigenvalue weighted by atomic mass is 17.1. The molecule has 0 heterocycles. The van der Waals surface area contributed by atoms with Gasteiger partial charge >= 0.3 is 0 Å². The molecule has 0 aromatic heterocycles. The van der Waals surface area contributed by atoms with Crippen LogP contribution < -0.4 is 0 Å². The Hall–Kier alpha value is -0.860. The molecule has 0 aromatic rings. The molecular formula is C11H18O2. The van der Waals surface area contributed by atoms with Crippen molar-refractivity contribution in [3.05, 3.63) is 36.0 Å². The zero-order valence-corrected chi connectivity index (χ0v) is 8.74. The molecule has 13 heavy (non-hydrogen) atoms. The van der Waals surface area contributed by atoms with E-state index in [1.54, 1.807) is 0 Å². The van der Waals surface area contributed by atoms with Crippen LogP contribution >= 0.6 is 0 Å². The lowest BCUT2D eigenvalue weighted by molar-refractivity contribution is -0.299. The van der Waals surface area contributed by atoms with Crippen molar-refractivity contribution in [2.24, 2.45) is 0 Å². The van der Waals surface area contributed by atoms with Crippen LogP contribution in [0.1, 0.15) is 27.7 Å². The van der Waals surface area contributed by atoms with Crippen molar-refractivity contribution in [3.63, 3.8) is 0 Å². The van der Waals surface area contributed by atoms with Gasteiger partial charge in [0.15, 0.2) is 0 Å². The lowest BCUT2D eigenvalue weighted by atomic mass is 9.97. The molecule has 0 saturated heterocycles. The maximum Gasteiger partial charge on any atom is 0.123 e. The molecule has 0 unspecified atom stereocenters. The van der Waals surface area contributed by atoms with Crippen LogP contribution in [-0.2, 0) is 4.89 Å². The zero-order valence-electron chi connectivity index (χ0n) is 8.74. The summed E-state index contributed by atoms with van der Waals surface area (Å²) >= 11 is 0. The van der Waals surface area contributed by atoms with Gasteiger partial charge in [-0.2, -0.15) is 0 Å². The third kappa shape index (κ3) is 4.06. The van der Waals surface area contributed by atoms with E-state index in [1.807, 2.05) is 58.1 Å². The van der Waals surface area contributed by atoms with Gasteiger partial charge in [-0.1, -0.05) is 30.4 Å². The molecule has 0 fully saturated rings. The molecule has 74 valence electrons. The van der Waals surface area contributed by atoms with Gasteiger partial charge in [-0.05, 0) is 33.3 Å². The molecule has 2 heteroatoms. The Morgan fingerprint density at radius 3 is 2.23 bits per heavy atom. The Morgan fingerprint density at radius 2 is 1.85 bits per heavy atom. The van der Waals surface area contributed by atoms with Gasteiger partial charge in [0.2, 0.25) is 0 Å². The first-order chi connectivity index (χ1) is 6.08. The number of hydrogen-bond acceptors (Lipinski definition) is 2. The fraction of sp³-hybridized carbons (Fsp3) is 0.455. The summed E-state index contributed by atoms with van der Waals surface area (Å²) in [5.74, 6) is 0. The molecule has 0 aliphatic heterocycles. The minimum atomic E-state index is -0.661. The van der Waals surface area contributed by atoms with Gasteiger partial charge in [0.1, 0.15) is 5.60 Å². The van der Waals surface area contributed by atoms with E-state index in [9.17, 15) is 0 Å². The maximum absolute atomic E-state index is 8.69. The van der Waals surface area contributed by atoms with Crippen molar-refractivity contribution >= 4 is 0 Å². The third-order valence-electron chi connectivity index (χ3n) is 1.74.